The van der Waals surface area contributed by atoms with Crippen molar-refractivity contribution in [2.24, 2.45) is 0 Å². The Labute approximate surface area is 83.5 Å². The van der Waals surface area contributed by atoms with Gasteiger partial charge in [-0.3, -0.25) is 0 Å². The van der Waals surface area contributed by atoms with Crippen LogP contribution in [0.3, 0.4) is 0 Å². The lowest BCUT2D eigenvalue weighted by atomic mass is 10.2. The third kappa shape index (κ3) is 2.04. The van der Waals surface area contributed by atoms with E-state index in [4.69, 9.17) is 10.00 Å². The van der Waals surface area contributed by atoms with E-state index in [2.05, 4.69) is 6.19 Å². The molecule has 0 saturated carbocycles. The highest BCUT2D eigenvalue weighted by molar-refractivity contribution is 5.13. The minimum absolute atomic E-state index is 0.231. The Morgan fingerprint density at radius 2 is 2.07 bits per heavy atom. The maximum atomic E-state index is 8.51. The predicted octanol–water partition coefficient (Wildman–Crippen LogP) is 1.37. The molecule has 1 aromatic carbocycles. The molecule has 3 heteroatoms. The fourth-order valence-corrected chi connectivity index (χ4v) is 1.41. The Morgan fingerprint density at radius 3 is 2.71 bits per heavy atom. The van der Waals surface area contributed by atoms with Crippen molar-refractivity contribution in [3.63, 3.8) is 0 Å². The average molecular weight is 188 g/mol. The first-order valence-electron chi connectivity index (χ1n) is 4.68. The third-order valence-corrected chi connectivity index (χ3v) is 2.32. The minimum Gasteiger partial charge on any atom is -0.370 e. The number of likely N-dealkylation sites (tertiary alicyclic amines) is 1. The zero-order chi connectivity index (χ0) is 9.80. The van der Waals surface area contributed by atoms with E-state index >= 15 is 0 Å². The van der Waals surface area contributed by atoms with Crippen LogP contribution in [0.1, 0.15) is 5.56 Å². The fourth-order valence-electron chi connectivity index (χ4n) is 1.41. The van der Waals surface area contributed by atoms with E-state index in [0.717, 1.165) is 13.1 Å². The van der Waals surface area contributed by atoms with Gasteiger partial charge in [-0.2, -0.15) is 5.26 Å². The van der Waals surface area contributed by atoms with Gasteiger partial charge in [0.15, 0.2) is 6.19 Å². The largest absolute Gasteiger partial charge is 0.370 e. The summed E-state index contributed by atoms with van der Waals surface area (Å²) < 4.78 is 5.60. The van der Waals surface area contributed by atoms with Crippen molar-refractivity contribution < 1.29 is 4.74 Å². The molecule has 1 aliphatic heterocycles. The van der Waals surface area contributed by atoms with E-state index in [0.29, 0.717) is 6.61 Å². The van der Waals surface area contributed by atoms with Gasteiger partial charge in [0.1, 0.15) is 0 Å². The standard InChI is InChI=1S/C11H12N2O/c12-9-13-6-11(7-13)14-8-10-4-2-1-3-5-10/h1-5,11H,6-8H2. The molecule has 1 saturated heterocycles. The molecule has 2 rings (SSSR count). The van der Waals surface area contributed by atoms with Gasteiger partial charge in [-0.25, -0.2) is 0 Å². The molecule has 72 valence electrons. The lowest BCUT2D eigenvalue weighted by molar-refractivity contribution is -0.0400. The highest BCUT2D eigenvalue weighted by atomic mass is 16.5. The van der Waals surface area contributed by atoms with Crippen molar-refractivity contribution in [2.45, 2.75) is 12.7 Å². The minimum atomic E-state index is 0.231. The van der Waals surface area contributed by atoms with Crippen LogP contribution in [0.15, 0.2) is 30.3 Å². The first-order chi connectivity index (χ1) is 6.88. The molecule has 0 spiro atoms. The Kier molecular flexibility index (Phi) is 2.66. The topological polar surface area (TPSA) is 36.3 Å². The molecule has 0 atom stereocenters. The molecule has 1 heterocycles. The predicted molar refractivity (Wildman–Crippen MR) is 52.2 cm³/mol. The zero-order valence-electron chi connectivity index (χ0n) is 7.89. The van der Waals surface area contributed by atoms with Gasteiger partial charge in [0.2, 0.25) is 0 Å². The van der Waals surface area contributed by atoms with Gasteiger partial charge in [-0.1, -0.05) is 30.3 Å². The lowest BCUT2D eigenvalue weighted by Crippen LogP contribution is -2.49. The fraction of sp³-hybridized carbons (Fsp3) is 0.364. The summed E-state index contributed by atoms with van der Waals surface area (Å²) in [5.74, 6) is 0. The monoisotopic (exact) mass is 188 g/mol. The molecule has 1 aliphatic rings. The third-order valence-electron chi connectivity index (χ3n) is 2.32. The number of benzene rings is 1. The van der Waals surface area contributed by atoms with E-state index in [1.165, 1.54) is 5.56 Å². The highest BCUT2D eigenvalue weighted by Crippen LogP contribution is 2.12. The van der Waals surface area contributed by atoms with Gasteiger partial charge in [-0.15, -0.1) is 0 Å². The van der Waals surface area contributed by atoms with Gasteiger partial charge in [0.05, 0.1) is 25.8 Å². The van der Waals surface area contributed by atoms with Crippen LogP contribution in [0.5, 0.6) is 0 Å². The van der Waals surface area contributed by atoms with E-state index in [1.54, 1.807) is 4.90 Å². The molecule has 3 nitrogen and oxygen atoms in total. The zero-order valence-corrected chi connectivity index (χ0v) is 7.89. The Bertz CT molecular complexity index is 325. The van der Waals surface area contributed by atoms with Crippen LogP contribution in [0.2, 0.25) is 0 Å². The van der Waals surface area contributed by atoms with Crippen LogP contribution in [0, 0.1) is 11.5 Å². The number of nitriles is 1. The highest BCUT2D eigenvalue weighted by Gasteiger charge is 2.25. The summed E-state index contributed by atoms with van der Waals surface area (Å²) in [6.07, 6.45) is 2.31. The summed E-state index contributed by atoms with van der Waals surface area (Å²) in [4.78, 5) is 1.69. The van der Waals surface area contributed by atoms with E-state index in [9.17, 15) is 0 Å². The summed E-state index contributed by atoms with van der Waals surface area (Å²) in [6, 6.07) is 10.1. The Balaban J connectivity index is 1.72. The Hall–Kier alpha value is -1.53. The van der Waals surface area contributed by atoms with Crippen LogP contribution < -0.4 is 0 Å². The van der Waals surface area contributed by atoms with E-state index in [-0.39, 0.29) is 6.10 Å². The van der Waals surface area contributed by atoms with Crippen LogP contribution in [-0.4, -0.2) is 24.1 Å². The molecular weight excluding hydrogens is 176 g/mol. The van der Waals surface area contributed by atoms with Crippen molar-refractivity contribution in [1.82, 2.24) is 4.90 Å². The van der Waals surface area contributed by atoms with Crippen molar-refractivity contribution in [3.05, 3.63) is 35.9 Å². The lowest BCUT2D eigenvalue weighted by Gasteiger charge is -2.34. The molecule has 0 amide bonds. The van der Waals surface area contributed by atoms with Gasteiger partial charge in [-0.05, 0) is 5.56 Å². The number of hydrogen-bond donors (Lipinski definition) is 0. The van der Waals surface area contributed by atoms with Crippen LogP contribution in [-0.2, 0) is 11.3 Å². The summed E-state index contributed by atoms with van der Waals surface area (Å²) in [6.45, 7) is 2.12. The van der Waals surface area contributed by atoms with Crippen LogP contribution in [0.4, 0.5) is 0 Å². The molecule has 0 aliphatic carbocycles. The van der Waals surface area contributed by atoms with E-state index in [1.807, 2.05) is 30.3 Å². The summed E-state index contributed by atoms with van der Waals surface area (Å²) in [5.41, 5.74) is 1.18. The van der Waals surface area contributed by atoms with Crippen molar-refractivity contribution >= 4 is 0 Å². The average Bonchev–Trinajstić information content (AvgIpc) is 2.17. The van der Waals surface area contributed by atoms with Gasteiger partial charge < -0.3 is 9.64 Å². The van der Waals surface area contributed by atoms with Gasteiger partial charge in [0.25, 0.3) is 0 Å². The Morgan fingerprint density at radius 1 is 1.36 bits per heavy atom. The molecule has 0 N–H and O–H groups in total. The summed E-state index contributed by atoms with van der Waals surface area (Å²) >= 11 is 0. The van der Waals surface area contributed by atoms with Crippen LogP contribution in [0.25, 0.3) is 0 Å². The second kappa shape index (κ2) is 4.12. The number of rotatable bonds is 3. The molecule has 1 aromatic rings. The smallest absolute Gasteiger partial charge is 0.179 e. The van der Waals surface area contributed by atoms with Crippen molar-refractivity contribution in [3.8, 4) is 6.19 Å². The second-order valence-electron chi connectivity index (χ2n) is 3.42. The maximum absolute atomic E-state index is 8.51. The molecule has 1 fully saturated rings. The van der Waals surface area contributed by atoms with Crippen molar-refractivity contribution in [2.75, 3.05) is 13.1 Å². The molecule has 14 heavy (non-hydrogen) atoms. The number of nitrogens with zero attached hydrogens (tertiary/aromatic N) is 2. The molecule has 0 radical (unpaired) electrons. The van der Waals surface area contributed by atoms with Gasteiger partial charge in [0, 0.05) is 0 Å². The quantitative estimate of drug-likeness (QED) is 0.672. The van der Waals surface area contributed by atoms with E-state index < -0.39 is 0 Å². The normalized spacial score (nSPS) is 16.1. The molecular formula is C11H12N2O. The SMILES string of the molecule is N#CN1CC(OCc2ccccc2)C1. The molecule has 0 unspecified atom stereocenters. The first kappa shape index (κ1) is 9.04. The van der Waals surface area contributed by atoms with Gasteiger partial charge >= 0.3 is 0 Å². The first-order valence-corrected chi connectivity index (χ1v) is 4.68. The van der Waals surface area contributed by atoms with Crippen LogP contribution >= 0.6 is 0 Å². The summed E-state index contributed by atoms with van der Waals surface area (Å²) in [5, 5.41) is 8.51. The maximum Gasteiger partial charge on any atom is 0.179 e. The summed E-state index contributed by atoms with van der Waals surface area (Å²) in [7, 11) is 0. The number of hydrogen-bond acceptors (Lipinski definition) is 3. The second-order valence-corrected chi connectivity index (χ2v) is 3.42. The molecule has 0 aromatic heterocycles. The van der Waals surface area contributed by atoms with Crippen molar-refractivity contribution in [1.29, 1.82) is 5.26 Å². The molecule has 0 bridgehead atoms. The number of ether oxygens (including phenoxy) is 1.